The summed E-state index contributed by atoms with van der Waals surface area (Å²) >= 11 is 1.85. The summed E-state index contributed by atoms with van der Waals surface area (Å²) in [6.07, 6.45) is 0. The van der Waals surface area contributed by atoms with Crippen molar-refractivity contribution in [2.45, 2.75) is 20.1 Å². The van der Waals surface area contributed by atoms with Gasteiger partial charge in [0.25, 0.3) is 0 Å². The molecule has 0 aliphatic carbocycles. The van der Waals surface area contributed by atoms with E-state index in [4.69, 9.17) is 4.74 Å². The molecule has 2 nitrogen and oxygen atoms in total. The molecule has 0 bridgehead atoms. The molecule has 0 unspecified atom stereocenters. The van der Waals surface area contributed by atoms with Gasteiger partial charge in [-0.05, 0) is 24.6 Å². The second-order valence-electron chi connectivity index (χ2n) is 4.23. The van der Waals surface area contributed by atoms with Crippen molar-refractivity contribution < 1.29 is 4.74 Å². The van der Waals surface area contributed by atoms with Gasteiger partial charge in [0.05, 0.1) is 13.2 Å². The first-order valence-corrected chi connectivity index (χ1v) is 7.04. The van der Waals surface area contributed by atoms with Gasteiger partial charge in [-0.25, -0.2) is 0 Å². The Balaban J connectivity index is 1.54. The molecule has 0 saturated carbocycles. The predicted molar refractivity (Wildman–Crippen MR) is 76.9 cm³/mol. The molecule has 0 aliphatic heterocycles. The largest absolute Gasteiger partial charge is 0.375 e. The minimum absolute atomic E-state index is 0.695. The Hall–Kier alpha value is -1.16. The van der Waals surface area contributed by atoms with Crippen LogP contribution in [-0.2, 0) is 17.9 Å². The van der Waals surface area contributed by atoms with Crippen molar-refractivity contribution in [1.82, 2.24) is 5.32 Å². The molecule has 1 heterocycles. The van der Waals surface area contributed by atoms with Crippen molar-refractivity contribution in [2.24, 2.45) is 0 Å². The zero-order valence-corrected chi connectivity index (χ0v) is 11.5. The van der Waals surface area contributed by atoms with Crippen LogP contribution in [0.1, 0.15) is 15.3 Å². The third kappa shape index (κ3) is 4.61. The first-order valence-electron chi connectivity index (χ1n) is 6.22. The van der Waals surface area contributed by atoms with E-state index >= 15 is 0 Å². The van der Waals surface area contributed by atoms with Gasteiger partial charge in [0.1, 0.15) is 0 Å². The molecular weight excluding hydrogens is 242 g/mol. The lowest BCUT2D eigenvalue weighted by Gasteiger charge is -2.05. The van der Waals surface area contributed by atoms with E-state index in [0.717, 1.165) is 19.7 Å². The van der Waals surface area contributed by atoms with Gasteiger partial charge < -0.3 is 10.1 Å². The van der Waals surface area contributed by atoms with E-state index in [9.17, 15) is 0 Å². The van der Waals surface area contributed by atoms with Gasteiger partial charge in [-0.3, -0.25) is 0 Å². The molecular formula is C15H19NOS. The summed E-state index contributed by atoms with van der Waals surface area (Å²) in [7, 11) is 0. The van der Waals surface area contributed by atoms with E-state index in [0.29, 0.717) is 6.61 Å². The summed E-state index contributed by atoms with van der Waals surface area (Å²) in [5, 5.41) is 3.39. The van der Waals surface area contributed by atoms with Gasteiger partial charge in [-0.1, -0.05) is 30.3 Å². The fraction of sp³-hybridized carbons (Fsp3) is 0.333. The number of nitrogens with one attached hydrogen (secondary N) is 1. The summed E-state index contributed by atoms with van der Waals surface area (Å²) in [6, 6.07) is 14.6. The molecule has 1 aromatic heterocycles. The fourth-order valence-electron chi connectivity index (χ4n) is 1.70. The molecule has 2 aromatic rings. The summed E-state index contributed by atoms with van der Waals surface area (Å²) in [5.74, 6) is 0. The molecule has 18 heavy (non-hydrogen) atoms. The summed E-state index contributed by atoms with van der Waals surface area (Å²) in [5.41, 5.74) is 1.23. The van der Waals surface area contributed by atoms with Gasteiger partial charge >= 0.3 is 0 Å². The third-order valence-electron chi connectivity index (χ3n) is 2.63. The Morgan fingerprint density at radius 3 is 2.67 bits per heavy atom. The van der Waals surface area contributed by atoms with Gasteiger partial charge in [-0.15, -0.1) is 11.3 Å². The first-order chi connectivity index (χ1) is 8.84. The molecule has 0 amide bonds. The lowest BCUT2D eigenvalue weighted by atomic mass is 10.2. The molecule has 0 atom stereocenters. The van der Waals surface area contributed by atoms with Crippen LogP contribution >= 0.6 is 11.3 Å². The molecule has 0 aliphatic rings. The highest BCUT2D eigenvalue weighted by Gasteiger charge is 1.96. The minimum atomic E-state index is 0.695. The van der Waals surface area contributed by atoms with E-state index < -0.39 is 0 Å². The lowest BCUT2D eigenvalue weighted by molar-refractivity contribution is 0.122. The number of thiophene rings is 1. The van der Waals surface area contributed by atoms with Crippen molar-refractivity contribution >= 4 is 11.3 Å². The van der Waals surface area contributed by atoms with Gasteiger partial charge in [0.2, 0.25) is 0 Å². The zero-order chi connectivity index (χ0) is 12.6. The summed E-state index contributed by atoms with van der Waals surface area (Å²) in [6.45, 7) is 5.41. The number of rotatable bonds is 7. The van der Waals surface area contributed by atoms with Crippen LogP contribution in [0.2, 0.25) is 0 Å². The fourth-order valence-corrected chi connectivity index (χ4v) is 2.56. The monoisotopic (exact) mass is 261 g/mol. The van der Waals surface area contributed by atoms with Crippen molar-refractivity contribution in [3.8, 4) is 0 Å². The molecule has 3 heteroatoms. The van der Waals surface area contributed by atoms with Crippen molar-refractivity contribution in [2.75, 3.05) is 13.2 Å². The average molecular weight is 261 g/mol. The second kappa shape index (κ2) is 7.31. The van der Waals surface area contributed by atoms with E-state index in [-0.39, 0.29) is 0 Å². The van der Waals surface area contributed by atoms with Gasteiger partial charge in [0, 0.05) is 22.8 Å². The molecule has 1 N–H and O–H groups in total. The smallest absolute Gasteiger partial charge is 0.0717 e. The Kier molecular flexibility index (Phi) is 5.39. The normalized spacial score (nSPS) is 10.7. The van der Waals surface area contributed by atoms with Crippen molar-refractivity contribution in [1.29, 1.82) is 0 Å². The topological polar surface area (TPSA) is 21.3 Å². The highest BCUT2D eigenvalue weighted by molar-refractivity contribution is 7.11. The molecule has 2 rings (SSSR count). The molecule has 1 aromatic carbocycles. The highest BCUT2D eigenvalue weighted by atomic mass is 32.1. The number of aryl methyl sites for hydroxylation is 1. The molecule has 96 valence electrons. The van der Waals surface area contributed by atoms with Crippen LogP contribution in [0.3, 0.4) is 0 Å². The van der Waals surface area contributed by atoms with E-state index in [2.05, 4.69) is 36.5 Å². The van der Waals surface area contributed by atoms with Crippen LogP contribution in [0.5, 0.6) is 0 Å². The number of benzene rings is 1. The van der Waals surface area contributed by atoms with Crippen molar-refractivity contribution in [3.05, 3.63) is 57.8 Å². The van der Waals surface area contributed by atoms with E-state index in [1.54, 1.807) is 0 Å². The lowest BCUT2D eigenvalue weighted by Crippen LogP contribution is -2.18. The predicted octanol–water partition coefficient (Wildman–Crippen LogP) is 3.36. The van der Waals surface area contributed by atoms with Gasteiger partial charge in [-0.2, -0.15) is 0 Å². The Morgan fingerprint density at radius 1 is 1.11 bits per heavy atom. The zero-order valence-electron chi connectivity index (χ0n) is 10.7. The highest BCUT2D eigenvalue weighted by Crippen LogP contribution is 2.14. The first kappa shape index (κ1) is 13.3. The molecule has 0 spiro atoms. The van der Waals surface area contributed by atoms with E-state index in [1.807, 2.05) is 29.5 Å². The van der Waals surface area contributed by atoms with Crippen molar-refractivity contribution in [3.63, 3.8) is 0 Å². The van der Waals surface area contributed by atoms with Crippen LogP contribution in [0, 0.1) is 6.92 Å². The summed E-state index contributed by atoms with van der Waals surface area (Å²) in [4.78, 5) is 2.75. The summed E-state index contributed by atoms with van der Waals surface area (Å²) < 4.78 is 5.60. The van der Waals surface area contributed by atoms with E-state index in [1.165, 1.54) is 15.3 Å². The maximum Gasteiger partial charge on any atom is 0.0717 e. The quantitative estimate of drug-likeness (QED) is 0.772. The number of ether oxygens (including phenoxy) is 1. The SMILES string of the molecule is Cc1ccc(CNCCOCc2ccccc2)s1. The van der Waals surface area contributed by atoms with Gasteiger partial charge in [0.15, 0.2) is 0 Å². The Bertz CT molecular complexity index is 453. The number of hydrogen-bond acceptors (Lipinski definition) is 3. The molecule has 0 fully saturated rings. The minimum Gasteiger partial charge on any atom is -0.375 e. The Labute approximate surface area is 113 Å². The standard InChI is InChI=1S/C15H19NOS/c1-13-7-8-15(18-13)11-16-9-10-17-12-14-5-3-2-4-6-14/h2-8,16H,9-12H2,1H3. The van der Waals surface area contributed by atoms with Crippen LogP contribution < -0.4 is 5.32 Å². The Morgan fingerprint density at radius 2 is 1.94 bits per heavy atom. The molecule has 0 saturated heterocycles. The maximum atomic E-state index is 5.60. The second-order valence-corrected chi connectivity index (χ2v) is 5.60. The maximum absolute atomic E-state index is 5.60. The van der Waals surface area contributed by atoms with Crippen LogP contribution in [0.25, 0.3) is 0 Å². The molecule has 0 radical (unpaired) electrons. The van der Waals surface area contributed by atoms with Crippen LogP contribution in [0.15, 0.2) is 42.5 Å². The van der Waals surface area contributed by atoms with Crippen LogP contribution in [-0.4, -0.2) is 13.2 Å². The third-order valence-corrected chi connectivity index (χ3v) is 3.63. The van der Waals surface area contributed by atoms with Crippen LogP contribution in [0.4, 0.5) is 0 Å². The number of hydrogen-bond donors (Lipinski definition) is 1. The average Bonchev–Trinajstić information content (AvgIpc) is 2.81.